The SMILES string of the molecule is CNC(CC(C)(C)N)c1cc(C)ccc1OC. The second kappa shape index (κ2) is 5.52. The second-order valence-corrected chi connectivity index (χ2v) is 5.28. The van der Waals surface area contributed by atoms with Gasteiger partial charge in [0.1, 0.15) is 5.75 Å². The Kier molecular flexibility index (Phi) is 4.54. The minimum absolute atomic E-state index is 0.206. The predicted molar refractivity (Wildman–Crippen MR) is 72.4 cm³/mol. The molecular weight excluding hydrogens is 212 g/mol. The van der Waals surface area contributed by atoms with Gasteiger partial charge in [0.15, 0.2) is 0 Å². The number of methoxy groups -OCH3 is 1. The average Bonchev–Trinajstić information content (AvgIpc) is 2.24. The van der Waals surface area contributed by atoms with Crippen LogP contribution < -0.4 is 15.8 Å². The molecule has 0 aliphatic heterocycles. The van der Waals surface area contributed by atoms with E-state index in [-0.39, 0.29) is 11.6 Å². The van der Waals surface area contributed by atoms with Gasteiger partial charge in [0.25, 0.3) is 0 Å². The zero-order valence-electron chi connectivity index (χ0n) is 11.5. The van der Waals surface area contributed by atoms with Crippen LogP contribution in [0.25, 0.3) is 0 Å². The number of ether oxygens (including phenoxy) is 1. The molecule has 17 heavy (non-hydrogen) atoms. The third-order valence-electron chi connectivity index (χ3n) is 2.84. The lowest BCUT2D eigenvalue weighted by molar-refractivity contribution is 0.369. The first kappa shape index (κ1) is 14.0. The number of benzene rings is 1. The molecule has 0 aliphatic rings. The fourth-order valence-corrected chi connectivity index (χ4v) is 2.02. The van der Waals surface area contributed by atoms with Gasteiger partial charge in [-0.2, -0.15) is 0 Å². The lowest BCUT2D eigenvalue weighted by Crippen LogP contribution is -2.37. The number of rotatable bonds is 5. The van der Waals surface area contributed by atoms with Crippen molar-refractivity contribution < 1.29 is 4.74 Å². The van der Waals surface area contributed by atoms with Crippen LogP contribution in [0.4, 0.5) is 0 Å². The predicted octanol–water partition coefficient (Wildman–Crippen LogP) is 2.39. The van der Waals surface area contributed by atoms with Gasteiger partial charge >= 0.3 is 0 Å². The summed E-state index contributed by atoms with van der Waals surface area (Å²) in [5, 5.41) is 3.32. The summed E-state index contributed by atoms with van der Waals surface area (Å²) < 4.78 is 5.42. The summed E-state index contributed by atoms with van der Waals surface area (Å²) >= 11 is 0. The van der Waals surface area contributed by atoms with E-state index in [1.807, 2.05) is 27.0 Å². The number of nitrogens with one attached hydrogen (secondary N) is 1. The minimum atomic E-state index is -0.206. The molecule has 0 bridgehead atoms. The Hall–Kier alpha value is -1.06. The van der Waals surface area contributed by atoms with Crippen molar-refractivity contribution >= 4 is 0 Å². The van der Waals surface area contributed by atoms with Gasteiger partial charge in [-0.05, 0) is 40.3 Å². The third-order valence-corrected chi connectivity index (χ3v) is 2.84. The average molecular weight is 236 g/mol. The van der Waals surface area contributed by atoms with E-state index in [1.54, 1.807) is 7.11 Å². The molecule has 0 radical (unpaired) electrons. The van der Waals surface area contributed by atoms with E-state index in [0.717, 1.165) is 12.2 Å². The fraction of sp³-hybridized carbons (Fsp3) is 0.571. The van der Waals surface area contributed by atoms with Gasteiger partial charge in [0, 0.05) is 17.1 Å². The zero-order chi connectivity index (χ0) is 13.1. The van der Waals surface area contributed by atoms with Gasteiger partial charge in [0.2, 0.25) is 0 Å². The highest BCUT2D eigenvalue weighted by atomic mass is 16.5. The van der Waals surface area contributed by atoms with Crippen molar-refractivity contribution in [1.82, 2.24) is 5.32 Å². The second-order valence-electron chi connectivity index (χ2n) is 5.28. The maximum absolute atomic E-state index is 6.10. The van der Waals surface area contributed by atoms with Crippen LogP contribution in [-0.4, -0.2) is 19.7 Å². The van der Waals surface area contributed by atoms with Crippen LogP contribution >= 0.6 is 0 Å². The molecule has 1 atom stereocenters. The molecule has 0 aromatic heterocycles. The monoisotopic (exact) mass is 236 g/mol. The smallest absolute Gasteiger partial charge is 0.123 e. The van der Waals surface area contributed by atoms with Crippen molar-refractivity contribution in [3.8, 4) is 5.75 Å². The van der Waals surface area contributed by atoms with Crippen LogP contribution in [-0.2, 0) is 0 Å². The van der Waals surface area contributed by atoms with E-state index in [4.69, 9.17) is 10.5 Å². The Bertz CT molecular complexity index is 369. The summed E-state index contributed by atoms with van der Waals surface area (Å²) in [5.74, 6) is 0.916. The van der Waals surface area contributed by atoms with Crippen molar-refractivity contribution in [2.24, 2.45) is 5.73 Å². The molecule has 0 heterocycles. The van der Waals surface area contributed by atoms with Crippen LogP contribution in [0.3, 0.4) is 0 Å². The van der Waals surface area contributed by atoms with Gasteiger partial charge in [-0.25, -0.2) is 0 Å². The molecule has 0 aliphatic carbocycles. The van der Waals surface area contributed by atoms with Crippen LogP contribution in [0.5, 0.6) is 5.75 Å². The third kappa shape index (κ3) is 4.02. The molecule has 3 nitrogen and oxygen atoms in total. The normalized spacial score (nSPS) is 13.5. The lowest BCUT2D eigenvalue weighted by Gasteiger charge is -2.27. The molecule has 1 unspecified atom stereocenters. The summed E-state index contributed by atoms with van der Waals surface area (Å²) in [6, 6.07) is 6.44. The van der Waals surface area contributed by atoms with Gasteiger partial charge in [-0.15, -0.1) is 0 Å². The summed E-state index contributed by atoms with van der Waals surface area (Å²) in [4.78, 5) is 0. The maximum Gasteiger partial charge on any atom is 0.123 e. The summed E-state index contributed by atoms with van der Waals surface area (Å²) in [7, 11) is 3.66. The summed E-state index contributed by atoms with van der Waals surface area (Å²) in [5.41, 5.74) is 8.30. The van der Waals surface area contributed by atoms with Crippen LogP contribution in [0, 0.1) is 6.92 Å². The highest BCUT2D eigenvalue weighted by molar-refractivity contribution is 5.39. The number of nitrogens with two attached hydrogens (primary N) is 1. The lowest BCUT2D eigenvalue weighted by atomic mass is 9.91. The molecule has 0 saturated heterocycles. The van der Waals surface area contributed by atoms with Crippen LogP contribution in [0.2, 0.25) is 0 Å². The summed E-state index contributed by atoms with van der Waals surface area (Å²) in [6.45, 7) is 6.17. The van der Waals surface area contributed by atoms with Crippen molar-refractivity contribution in [3.63, 3.8) is 0 Å². The molecule has 0 spiro atoms. The number of hydrogen-bond acceptors (Lipinski definition) is 3. The first-order valence-corrected chi connectivity index (χ1v) is 5.98. The van der Waals surface area contributed by atoms with Crippen molar-refractivity contribution in [2.75, 3.05) is 14.2 Å². The number of aryl methyl sites for hydroxylation is 1. The standard InChI is InChI=1S/C14H24N2O/c1-10-6-7-13(17-5)11(8-10)12(16-4)9-14(2,3)15/h6-8,12,16H,9,15H2,1-5H3. The Labute approximate surface area is 104 Å². The van der Waals surface area contributed by atoms with Crippen molar-refractivity contribution in [1.29, 1.82) is 0 Å². The first-order chi connectivity index (χ1) is 7.87. The van der Waals surface area contributed by atoms with Gasteiger partial charge in [-0.3, -0.25) is 0 Å². The van der Waals surface area contributed by atoms with Crippen LogP contribution in [0.15, 0.2) is 18.2 Å². The Balaban J connectivity index is 3.06. The molecule has 3 N–H and O–H groups in total. The summed E-state index contributed by atoms with van der Waals surface area (Å²) in [6.07, 6.45) is 0.864. The van der Waals surface area contributed by atoms with Crippen LogP contribution in [0.1, 0.15) is 37.4 Å². The van der Waals surface area contributed by atoms with E-state index < -0.39 is 0 Å². The maximum atomic E-state index is 6.10. The molecule has 0 saturated carbocycles. The molecule has 0 fully saturated rings. The van der Waals surface area contributed by atoms with E-state index in [9.17, 15) is 0 Å². The molecule has 1 aromatic rings. The highest BCUT2D eigenvalue weighted by Gasteiger charge is 2.21. The quantitative estimate of drug-likeness (QED) is 0.825. The Morgan fingerprint density at radius 3 is 2.53 bits per heavy atom. The minimum Gasteiger partial charge on any atom is -0.496 e. The Morgan fingerprint density at radius 2 is 2.06 bits per heavy atom. The van der Waals surface area contributed by atoms with Crippen molar-refractivity contribution in [3.05, 3.63) is 29.3 Å². The largest absolute Gasteiger partial charge is 0.496 e. The highest BCUT2D eigenvalue weighted by Crippen LogP contribution is 2.30. The molecule has 96 valence electrons. The molecule has 0 amide bonds. The molecular formula is C14H24N2O. The Morgan fingerprint density at radius 1 is 1.41 bits per heavy atom. The fourth-order valence-electron chi connectivity index (χ4n) is 2.02. The van der Waals surface area contributed by atoms with E-state index in [0.29, 0.717) is 0 Å². The molecule has 1 rings (SSSR count). The topological polar surface area (TPSA) is 47.3 Å². The van der Waals surface area contributed by atoms with E-state index in [2.05, 4.69) is 24.4 Å². The van der Waals surface area contributed by atoms with E-state index >= 15 is 0 Å². The van der Waals surface area contributed by atoms with Crippen molar-refractivity contribution in [2.45, 2.75) is 38.8 Å². The zero-order valence-corrected chi connectivity index (χ0v) is 11.5. The van der Waals surface area contributed by atoms with Gasteiger partial charge in [0.05, 0.1) is 7.11 Å². The van der Waals surface area contributed by atoms with E-state index in [1.165, 1.54) is 11.1 Å². The molecule has 1 aromatic carbocycles. The van der Waals surface area contributed by atoms with Gasteiger partial charge in [-0.1, -0.05) is 17.7 Å². The van der Waals surface area contributed by atoms with Gasteiger partial charge < -0.3 is 15.8 Å². The number of hydrogen-bond donors (Lipinski definition) is 2. The first-order valence-electron chi connectivity index (χ1n) is 5.98. The molecule has 3 heteroatoms.